The number of nitrogens with zero attached hydrogens (tertiary/aromatic N) is 3. The fraction of sp³-hybridized carbons (Fsp3) is 0.769. The molecule has 0 spiro atoms. The number of hydrogen-bond donors (Lipinski definition) is 1. The molecule has 0 saturated carbocycles. The van der Waals surface area contributed by atoms with Crippen molar-refractivity contribution in [2.45, 2.75) is 31.3 Å². The van der Waals surface area contributed by atoms with Crippen molar-refractivity contribution in [2.24, 2.45) is 5.10 Å². The number of aliphatic hydroxyl groups is 1. The highest BCUT2D eigenvalue weighted by Crippen LogP contribution is 2.21. The van der Waals surface area contributed by atoms with E-state index in [1.54, 1.807) is 14.1 Å². The molecular weight excluding hydrogens is 262 g/mol. The molecule has 2 amide bonds. The van der Waals surface area contributed by atoms with Crippen molar-refractivity contribution in [3.05, 3.63) is 0 Å². The predicted molar refractivity (Wildman–Crippen MR) is 72.1 cm³/mol. The van der Waals surface area contributed by atoms with Gasteiger partial charge in [-0.3, -0.25) is 9.59 Å². The fourth-order valence-electron chi connectivity index (χ4n) is 2.47. The lowest BCUT2D eigenvalue weighted by Crippen LogP contribution is -2.49. The van der Waals surface area contributed by atoms with Crippen LogP contribution in [0.2, 0.25) is 0 Å². The first-order valence-electron chi connectivity index (χ1n) is 6.81. The highest BCUT2D eigenvalue weighted by Gasteiger charge is 2.34. The summed E-state index contributed by atoms with van der Waals surface area (Å²) in [7, 11) is 3.19. The normalized spacial score (nSPS) is 22.4. The molecule has 0 atom stereocenters. The van der Waals surface area contributed by atoms with Gasteiger partial charge in [0.2, 0.25) is 5.91 Å². The third kappa shape index (κ3) is 3.34. The molecule has 7 heteroatoms. The zero-order chi connectivity index (χ0) is 14.8. The van der Waals surface area contributed by atoms with Gasteiger partial charge in [0, 0.05) is 59.5 Å². The van der Waals surface area contributed by atoms with Crippen LogP contribution in [0.25, 0.3) is 0 Å². The van der Waals surface area contributed by atoms with Gasteiger partial charge >= 0.3 is 0 Å². The van der Waals surface area contributed by atoms with Gasteiger partial charge < -0.3 is 14.7 Å². The lowest BCUT2D eigenvalue weighted by Gasteiger charge is -2.35. The summed E-state index contributed by atoms with van der Waals surface area (Å²) in [4.78, 5) is 25.1. The number of hydrogen-bond acceptors (Lipinski definition) is 5. The number of hydrazone groups is 1. The van der Waals surface area contributed by atoms with Gasteiger partial charge in [-0.2, -0.15) is 5.10 Å². The molecule has 2 rings (SSSR count). The first kappa shape index (κ1) is 14.9. The second-order valence-corrected chi connectivity index (χ2v) is 5.46. The van der Waals surface area contributed by atoms with Crippen LogP contribution in [0.3, 0.4) is 0 Å². The van der Waals surface area contributed by atoms with Crippen molar-refractivity contribution in [3.8, 4) is 0 Å². The summed E-state index contributed by atoms with van der Waals surface area (Å²) in [5.74, 6) is -0.323. The van der Waals surface area contributed by atoms with Crippen LogP contribution in [-0.2, 0) is 14.3 Å². The number of ether oxygens (including phenoxy) is 1. The Labute approximate surface area is 118 Å². The van der Waals surface area contributed by atoms with E-state index in [1.165, 1.54) is 9.91 Å². The average molecular weight is 283 g/mol. The van der Waals surface area contributed by atoms with Crippen LogP contribution in [0.5, 0.6) is 0 Å². The van der Waals surface area contributed by atoms with Gasteiger partial charge in [-0.25, -0.2) is 5.01 Å². The second kappa shape index (κ2) is 5.88. The van der Waals surface area contributed by atoms with Crippen molar-refractivity contribution in [3.63, 3.8) is 0 Å². The Morgan fingerprint density at radius 3 is 2.70 bits per heavy atom. The number of carbonyl (C=O) groups is 2. The summed E-state index contributed by atoms with van der Waals surface area (Å²) in [5.41, 5.74) is -0.523. The molecule has 0 unspecified atom stereocenters. The third-order valence-corrected chi connectivity index (χ3v) is 3.76. The summed E-state index contributed by atoms with van der Waals surface area (Å²) in [6.45, 7) is 1.28. The molecular formula is C13H21N3O4. The average Bonchev–Trinajstić information content (AvgIpc) is 2.41. The number of rotatable bonds is 3. The molecule has 112 valence electrons. The van der Waals surface area contributed by atoms with E-state index in [1.807, 2.05) is 0 Å². The van der Waals surface area contributed by atoms with E-state index in [0.29, 0.717) is 44.6 Å². The molecule has 0 radical (unpaired) electrons. The maximum Gasteiger partial charge on any atom is 0.269 e. The highest BCUT2D eigenvalue weighted by molar-refractivity contribution is 6.39. The van der Waals surface area contributed by atoms with Crippen LogP contribution in [0.15, 0.2) is 5.10 Å². The standard InChI is InChI=1S/C13H21N3O4/c1-15(9-13(19)5-7-20-8-6-13)12(18)10-3-4-11(17)16(2)14-10/h19H,3-9H2,1-2H3. The van der Waals surface area contributed by atoms with Gasteiger partial charge in [0.25, 0.3) is 5.91 Å². The SMILES string of the molecule is CN(CC1(O)CCOCC1)C(=O)C1=NN(C)C(=O)CC1. The molecule has 1 saturated heterocycles. The van der Waals surface area contributed by atoms with Gasteiger partial charge in [-0.05, 0) is 0 Å². The number of amides is 2. The minimum absolute atomic E-state index is 0.0905. The molecule has 0 aromatic heterocycles. The molecule has 0 aromatic carbocycles. The smallest absolute Gasteiger partial charge is 0.269 e. The maximum absolute atomic E-state index is 12.3. The van der Waals surface area contributed by atoms with Gasteiger partial charge in [0.1, 0.15) is 5.71 Å². The van der Waals surface area contributed by atoms with Crippen LogP contribution in [-0.4, -0.2) is 72.0 Å². The van der Waals surface area contributed by atoms with Crippen molar-refractivity contribution in [2.75, 3.05) is 33.9 Å². The Morgan fingerprint density at radius 2 is 2.10 bits per heavy atom. The van der Waals surface area contributed by atoms with Crippen molar-refractivity contribution in [1.82, 2.24) is 9.91 Å². The first-order chi connectivity index (χ1) is 9.41. The van der Waals surface area contributed by atoms with Crippen molar-refractivity contribution >= 4 is 17.5 Å². The topological polar surface area (TPSA) is 82.4 Å². The lowest BCUT2D eigenvalue weighted by atomic mass is 9.93. The maximum atomic E-state index is 12.3. The Bertz CT molecular complexity index is 429. The van der Waals surface area contributed by atoms with E-state index < -0.39 is 5.60 Å². The molecule has 0 aromatic rings. The summed E-state index contributed by atoms with van der Waals surface area (Å²) >= 11 is 0. The molecule has 1 N–H and O–H groups in total. The first-order valence-corrected chi connectivity index (χ1v) is 6.81. The molecule has 1 fully saturated rings. The minimum atomic E-state index is -0.889. The number of likely N-dealkylation sites (N-methyl/N-ethyl adjacent to an activating group) is 1. The second-order valence-electron chi connectivity index (χ2n) is 5.46. The third-order valence-electron chi connectivity index (χ3n) is 3.76. The summed E-state index contributed by atoms with van der Waals surface area (Å²) in [5, 5.41) is 15.6. The van der Waals surface area contributed by atoms with Gasteiger partial charge in [-0.1, -0.05) is 0 Å². The summed E-state index contributed by atoms with van der Waals surface area (Å²) in [6.07, 6.45) is 1.70. The molecule has 2 heterocycles. The Morgan fingerprint density at radius 1 is 1.45 bits per heavy atom. The Hall–Kier alpha value is -1.47. The zero-order valence-electron chi connectivity index (χ0n) is 12.0. The van der Waals surface area contributed by atoms with E-state index in [-0.39, 0.29) is 18.4 Å². The van der Waals surface area contributed by atoms with Gasteiger partial charge in [-0.15, -0.1) is 0 Å². The van der Waals surface area contributed by atoms with E-state index >= 15 is 0 Å². The fourth-order valence-corrected chi connectivity index (χ4v) is 2.47. The Balaban J connectivity index is 1.98. The van der Waals surface area contributed by atoms with Crippen LogP contribution in [0.4, 0.5) is 0 Å². The van der Waals surface area contributed by atoms with Gasteiger partial charge in [0.05, 0.1) is 5.60 Å². The minimum Gasteiger partial charge on any atom is -0.388 e. The largest absolute Gasteiger partial charge is 0.388 e. The highest BCUT2D eigenvalue weighted by atomic mass is 16.5. The van der Waals surface area contributed by atoms with Crippen LogP contribution < -0.4 is 0 Å². The molecule has 2 aliphatic heterocycles. The number of carbonyl (C=O) groups excluding carboxylic acids is 2. The zero-order valence-corrected chi connectivity index (χ0v) is 12.0. The van der Waals surface area contributed by atoms with E-state index in [4.69, 9.17) is 4.74 Å². The molecule has 7 nitrogen and oxygen atoms in total. The molecule has 0 bridgehead atoms. The van der Waals surface area contributed by atoms with E-state index in [2.05, 4.69) is 5.10 Å². The molecule has 0 aliphatic carbocycles. The van der Waals surface area contributed by atoms with Crippen LogP contribution in [0, 0.1) is 0 Å². The van der Waals surface area contributed by atoms with Gasteiger partial charge in [0.15, 0.2) is 0 Å². The van der Waals surface area contributed by atoms with E-state index in [0.717, 1.165) is 0 Å². The monoisotopic (exact) mass is 283 g/mol. The van der Waals surface area contributed by atoms with Crippen molar-refractivity contribution < 1.29 is 19.4 Å². The van der Waals surface area contributed by atoms with Crippen LogP contribution >= 0.6 is 0 Å². The van der Waals surface area contributed by atoms with E-state index in [9.17, 15) is 14.7 Å². The lowest BCUT2D eigenvalue weighted by molar-refractivity contribution is -0.132. The predicted octanol–water partition coefficient (Wildman–Crippen LogP) is -0.406. The summed E-state index contributed by atoms with van der Waals surface area (Å²) in [6, 6.07) is 0. The van der Waals surface area contributed by atoms with Crippen molar-refractivity contribution in [1.29, 1.82) is 0 Å². The quantitative estimate of drug-likeness (QED) is 0.763. The molecule has 20 heavy (non-hydrogen) atoms. The summed E-state index contributed by atoms with van der Waals surface area (Å²) < 4.78 is 5.22. The van der Waals surface area contributed by atoms with Crippen LogP contribution in [0.1, 0.15) is 25.7 Å². The Kier molecular flexibility index (Phi) is 4.39. The molecule has 2 aliphatic rings.